The predicted molar refractivity (Wildman–Crippen MR) is 78.7 cm³/mol. The second kappa shape index (κ2) is 6.72. The molecule has 2 rings (SSSR count). The summed E-state index contributed by atoms with van der Waals surface area (Å²) in [6.45, 7) is 4.49. The third-order valence-electron chi connectivity index (χ3n) is 3.89. The molecule has 110 valence electrons. The van der Waals surface area contributed by atoms with Gasteiger partial charge in [-0.2, -0.15) is 0 Å². The van der Waals surface area contributed by atoms with Gasteiger partial charge in [0.05, 0.1) is 7.11 Å². The lowest BCUT2D eigenvalue weighted by molar-refractivity contribution is -0.124. The molecule has 5 heteroatoms. The van der Waals surface area contributed by atoms with Gasteiger partial charge in [0.2, 0.25) is 5.91 Å². The van der Waals surface area contributed by atoms with Crippen molar-refractivity contribution in [2.24, 2.45) is 5.73 Å². The topological polar surface area (TPSA) is 67.6 Å². The van der Waals surface area contributed by atoms with Gasteiger partial charge in [-0.25, -0.2) is 0 Å². The Morgan fingerprint density at radius 2 is 2.30 bits per heavy atom. The average molecular weight is 277 g/mol. The van der Waals surface area contributed by atoms with Crippen LogP contribution in [-0.4, -0.2) is 49.6 Å². The smallest absolute Gasteiger partial charge is 0.236 e. The van der Waals surface area contributed by atoms with Crippen molar-refractivity contribution < 1.29 is 9.53 Å². The van der Waals surface area contributed by atoms with Crippen LogP contribution in [0.4, 0.5) is 0 Å². The first-order valence-electron chi connectivity index (χ1n) is 7.01. The van der Waals surface area contributed by atoms with Crippen LogP contribution >= 0.6 is 0 Å². The van der Waals surface area contributed by atoms with Gasteiger partial charge in [-0.05, 0) is 25.0 Å². The van der Waals surface area contributed by atoms with Crippen LogP contribution in [0.15, 0.2) is 24.3 Å². The number of benzene rings is 1. The third kappa shape index (κ3) is 3.29. The molecule has 3 N–H and O–H groups in total. The Balaban J connectivity index is 2.09. The summed E-state index contributed by atoms with van der Waals surface area (Å²) >= 11 is 0. The van der Waals surface area contributed by atoms with E-state index in [1.807, 2.05) is 18.2 Å². The fourth-order valence-corrected chi connectivity index (χ4v) is 2.82. The maximum Gasteiger partial charge on any atom is 0.236 e. The van der Waals surface area contributed by atoms with Gasteiger partial charge in [-0.15, -0.1) is 0 Å². The normalized spacial score (nSPS) is 21.4. The molecule has 0 spiro atoms. The molecule has 1 aromatic carbocycles. The van der Waals surface area contributed by atoms with Crippen LogP contribution in [-0.2, 0) is 11.2 Å². The molecule has 1 aromatic rings. The number of carbonyl (C=O) groups is 1. The summed E-state index contributed by atoms with van der Waals surface area (Å²) in [6.07, 6.45) is 0.841. The molecule has 5 nitrogen and oxygen atoms in total. The van der Waals surface area contributed by atoms with Gasteiger partial charge in [0, 0.05) is 25.7 Å². The van der Waals surface area contributed by atoms with Crippen molar-refractivity contribution in [2.75, 3.05) is 26.7 Å². The van der Waals surface area contributed by atoms with Crippen LogP contribution in [0.2, 0.25) is 0 Å². The highest BCUT2D eigenvalue weighted by Crippen LogP contribution is 2.21. The zero-order valence-electron chi connectivity index (χ0n) is 12.1. The monoisotopic (exact) mass is 277 g/mol. The SMILES string of the molecule is COc1ccccc1CC(C)N1CCNCC1C(N)=O. The molecule has 0 saturated carbocycles. The first kappa shape index (κ1) is 14.8. The number of rotatable bonds is 5. The van der Waals surface area contributed by atoms with Crippen LogP contribution in [0.1, 0.15) is 12.5 Å². The van der Waals surface area contributed by atoms with Crippen LogP contribution in [0.25, 0.3) is 0 Å². The van der Waals surface area contributed by atoms with Crippen molar-refractivity contribution >= 4 is 5.91 Å². The minimum atomic E-state index is -0.260. The van der Waals surface area contributed by atoms with Crippen molar-refractivity contribution in [3.63, 3.8) is 0 Å². The quantitative estimate of drug-likeness (QED) is 0.817. The molecule has 1 aliphatic heterocycles. The molecule has 0 bridgehead atoms. The maximum absolute atomic E-state index is 11.6. The minimum absolute atomic E-state index is 0.228. The highest BCUT2D eigenvalue weighted by Gasteiger charge is 2.30. The van der Waals surface area contributed by atoms with Crippen LogP contribution in [0.5, 0.6) is 5.75 Å². The molecular weight excluding hydrogens is 254 g/mol. The molecule has 1 aliphatic rings. The fraction of sp³-hybridized carbons (Fsp3) is 0.533. The number of nitrogens with two attached hydrogens (primary N) is 1. The van der Waals surface area contributed by atoms with Crippen LogP contribution in [0.3, 0.4) is 0 Å². The number of ether oxygens (including phenoxy) is 1. The predicted octanol–water partition coefficient (Wildman–Crippen LogP) is 0.385. The molecule has 1 heterocycles. The highest BCUT2D eigenvalue weighted by atomic mass is 16.5. The Bertz CT molecular complexity index is 464. The van der Waals surface area contributed by atoms with Gasteiger partial charge in [0.25, 0.3) is 0 Å². The number of amides is 1. The van der Waals surface area contributed by atoms with Crippen molar-refractivity contribution in [3.8, 4) is 5.75 Å². The number of hydrogen-bond donors (Lipinski definition) is 2. The van der Waals surface area contributed by atoms with E-state index in [4.69, 9.17) is 10.5 Å². The van der Waals surface area contributed by atoms with E-state index in [-0.39, 0.29) is 18.0 Å². The van der Waals surface area contributed by atoms with Gasteiger partial charge in [-0.1, -0.05) is 18.2 Å². The molecule has 2 atom stereocenters. The van der Waals surface area contributed by atoms with E-state index in [9.17, 15) is 4.79 Å². The van der Waals surface area contributed by atoms with Crippen molar-refractivity contribution in [3.05, 3.63) is 29.8 Å². The lowest BCUT2D eigenvalue weighted by Gasteiger charge is -2.38. The molecule has 0 radical (unpaired) electrons. The van der Waals surface area contributed by atoms with Gasteiger partial charge in [0.15, 0.2) is 0 Å². The molecule has 1 saturated heterocycles. The van der Waals surface area contributed by atoms with Crippen LogP contribution in [0, 0.1) is 0 Å². The first-order chi connectivity index (χ1) is 9.63. The highest BCUT2D eigenvalue weighted by molar-refractivity contribution is 5.80. The van der Waals surface area contributed by atoms with Gasteiger partial charge < -0.3 is 15.8 Å². The Morgan fingerprint density at radius 1 is 1.55 bits per heavy atom. The molecular formula is C15H23N3O2. The van der Waals surface area contributed by atoms with Gasteiger partial charge >= 0.3 is 0 Å². The third-order valence-corrected chi connectivity index (χ3v) is 3.89. The molecule has 1 amide bonds. The van der Waals surface area contributed by atoms with E-state index in [1.54, 1.807) is 7.11 Å². The van der Waals surface area contributed by atoms with E-state index < -0.39 is 0 Å². The number of hydrogen-bond acceptors (Lipinski definition) is 4. The van der Waals surface area contributed by atoms with Crippen molar-refractivity contribution in [2.45, 2.75) is 25.4 Å². The van der Waals surface area contributed by atoms with Crippen molar-refractivity contribution in [1.82, 2.24) is 10.2 Å². The van der Waals surface area contributed by atoms with E-state index in [1.165, 1.54) is 0 Å². The summed E-state index contributed by atoms with van der Waals surface area (Å²) in [4.78, 5) is 13.7. The number of nitrogens with one attached hydrogen (secondary N) is 1. The lowest BCUT2D eigenvalue weighted by atomic mass is 10.0. The zero-order chi connectivity index (χ0) is 14.5. The van der Waals surface area contributed by atoms with E-state index in [0.717, 1.165) is 30.8 Å². The maximum atomic E-state index is 11.6. The summed E-state index contributed by atoms with van der Waals surface area (Å²) in [5, 5.41) is 3.22. The Kier molecular flexibility index (Phi) is 4.98. The van der Waals surface area contributed by atoms with E-state index >= 15 is 0 Å². The molecule has 0 aliphatic carbocycles. The summed E-state index contributed by atoms with van der Waals surface area (Å²) in [7, 11) is 1.68. The second-order valence-electron chi connectivity index (χ2n) is 5.23. The lowest BCUT2D eigenvalue weighted by Crippen LogP contribution is -2.59. The standard InChI is InChI=1S/C15H23N3O2/c1-11(9-12-5-3-4-6-14(12)20-2)18-8-7-17-10-13(18)15(16)19/h3-6,11,13,17H,7-10H2,1-2H3,(H2,16,19). The molecule has 1 fully saturated rings. The molecule has 0 aromatic heterocycles. The van der Waals surface area contributed by atoms with Crippen LogP contribution < -0.4 is 15.8 Å². The summed E-state index contributed by atoms with van der Waals surface area (Å²) in [5.74, 6) is 0.634. The Hall–Kier alpha value is -1.59. The van der Waals surface area contributed by atoms with Gasteiger partial charge in [-0.3, -0.25) is 9.69 Å². The first-order valence-corrected chi connectivity index (χ1v) is 7.01. The number of para-hydroxylation sites is 1. The van der Waals surface area contributed by atoms with E-state index in [2.05, 4.69) is 23.2 Å². The molecule has 20 heavy (non-hydrogen) atoms. The summed E-state index contributed by atoms with van der Waals surface area (Å²) < 4.78 is 5.39. The largest absolute Gasteiger partial charge is 0.496 e. The number of primary amides is 1. The number of nitrogens with zero attached hydrogens (tertiary/aromatic N) is 1. The average Bonchev–Trinajstić information content (AvgIpc) is 2.47. The van der Waals surface area contributed by atoms with Crippen molar-refractivity contribution in [1.29, 1.82) is 0 Å². The summed E-state index contributed by atoms with van der Waals surface area (Å²) in [5.41, 5.74) is 6.66. The Labute approximate surface area is 120 Å². The Morgan fingerprint density at radius 3 is 3.00 bits per heavy atom. The number of methoxy groups -OCH3 is 1. The molecule has 2 unspecified atom stereocenters. The second-order valence-corrected chi connectivity index (χ2v) is 5.23. The zero-order valence-corrected chi connectivity index (χ0v) is 12.1. The minimum Gasteiger partial charge on any atom is -0.496 e. The van der Waals surface area contributed by atoms with Gasteiger partial charge in [0.1, 0.15) is 11.8 Å². The number of carbonyl (C=O) groups excluding carboxylic acids is 1. The van der Waals surface area contributed by atoms with E-state index in [0.29, 0.717) is 6.54 Å². The summed E-state index contributed by atoms with van der Waals surface area (Å²) in [6, 6.07) is 8.01. The number of piperazine rings is 1. The fourth-order valence-electron chi connectivity index (χ4n) is 2.82.